The van der Waals surface area contributed by atoms with Crippen LogP contribution >= 0.6 is 0 Å². The molecule has 4 nitrogen and oxygen atoms in total. The maximum absolute atomic E-state index is 10.4. The molecule has 1 rings (SSSR count). The molecule has 1 aliphatic carbocycles. The van der Waals surface area contributed by atoms with Crippen LogP contribution in [0, 0.1) is 5.92 Å². The molecule has 0 spiro atoms. The van der Waals surface area contributed by atoms with Gasteiger partial charge >= 0.3 is 0 Å². The Morgan fingerprint density at radius 1 is 1.30 bits per heavy atom. The highest BCUT2D eigenvalue weighted by Crippen LogP contribution is 2.43. The van der Waals surface area contributed by atoms with E-state index in [-0.39, 0.29) is 0 Å². The van der Waals surface area contributed by atoms with Gasteiger partial charge < -0.3 is 19.8 Å². The van der Waals surface area contributed by atoms with Gasteiger partial charge in [0.15, 0.2) is 0 Å². The van der Waals surface area contributed by atoms with Gasteiger partial charge in [-0.15, -0.1) is 0 Å². The van der Waals surface area contributed by atoms with Crippen molar-refractivity contribution in [3.8, 4) is 0 Å². The van der Waals surface area contributed by atoms with Gasteiger partial charge in [0, 0.05) is 12.2 Å². The highest BCUT2D eigenvalue weighted by molar-refractivity contribution is 5.20. The smallest absolute Gasteiger partial charge is 0.238 e. The van der Waals surface area contributed by atoms with Crippen molar-refractivity contribution in [3.63, 3.8) is 0 Å². The summed E-state index contributed by atoms with van der Waals surface area (Å²) in [6, 6.07) is 0. The topological polar surface area (TPSA) is 52.9 Å². The van der Waals surface area contributed by atoms with E-state index in [1.165, 1.54) is 0 Å². The molecule has 0 aliphatic heterocycles. The Labute approximate surface area is 123 Å². The summed E-state index contributed by atoms with van der Waals surface area (Å²) < 4.78 is 5.64. The molecule has 20 heavy (non-hydrogen) atoms. The molecular formula is C16H31NO3. The highest BCUT2D eigenvalue weighted by Gasteiger charge is 2.47. The first-order valence-electron chi connectivity index (χ1n) is 7.67. The molecule has 118 valence electrons. The number of hydrogen-bond donors (Lipinski definition) is 2. The Morgan fingerprint density at radius 2 is 1.80 bits per heavy atom. The van der Waals surface area contributed by atoms with Crippen molar-refractivity contribution >= 4 is 0 Å². The molecule has 1 saturated carbocycles. The van der Waals surface area contributed by atoms with Gasteiger partial charge in [-0.3, -0.25) is 0 Å². The Hall–Kier alpha value is -0.580. The molecular weight excluding hydrogens is 254 g/mol. The number of rotatable bonds is 8. The summed E-state index contributed by atoms with van der Waals surface area (Å²) >= 11 is 0. The van der Waals surface area contributed by atoms with Crippen molar-refractivity contribution < 1.29 is 14.9 Å². The van der Waals surface area contributed by atoms with Crippen LogP contribution < -0.4 is 0 Å². The molecule has 1 aliphatic rings. The molecule has 0 aromatic heterocycles. The van der Waals surface area contributed by atoms with Crippen LogP contribution in [-0.4, -0.2) is 39.3 Å². The van der Waals surface area contributed by atoms with Crippen molar-refractivity contribution in [2.24, 2.45) is 5.92 Å². The minimum absolute atomic E-state index is 0.446. The third-order valence-electron chi connectivity index (χ3n) is 3.94. The monoisotopic (exact) mass is 285 g/mol. The number of aliphatic hydroxyl groups excluding tert-OH is 1. The molecule has 4 heteroatoms. The van der Waals surface area contributed by atoms with Gasteiger partial charge in [0.2, 0.25) is 6.41 Å². The Bertz CT molecular complexity index is 327. The average molecular weight is 285 g/mol. The van der Waals surface area contributed by atoms with E-state index < -0.39 is 17.6 Å². The van der Waals surface area contributed by atoms with Gasteiger partial charge in [-0.05, 0) is 39.5 Å². The van der Waals surface area contributed by atoms with E-state index in [0.29, 0.717) is 31.0 Å². The Balaban J connectivity index is 2.80. The third kappa shape index (κ3) is 4.76. The van der Waals surface area contributed by atoms with Crippen molar-refractivity contribution in [1.29, 1.82) is 0 Å². The summed E-state index contributed by atoms with van der Waals surface area (Å²) in [6.07, 6.45) is 2.43. The summed E-state index contributed by atoms with van der Waals surface area (Å²) in [4.78, 5) is 1.73. The maximum Gasteiger partial charge on any atom is 0.238 e. The normalized spacial score (nSPS) is 19.0. The molecule has 0 radical (unpaired) electrons. The second-order valence-corrected chi connectivity index (χ2v) is 6.87. The molecule has 0 amide bonds. The zero-order valence-corrected chi connectivity index (χ0v) is 13.6. The van der Waals surface area contributed by atoms with Crippen LogP contribution in [0.5, 0.6) is 0 Å². The predicted octanol–water partition coefficient (Wildman–Crippen LogP) is 2.85. The van der Waals surface area contributed by atoms with Crippen molar-refractivity contribution in [2.75, 3.05) is 6.54 Å². The molecule has 1 atom stereocenters. The first kappa shape index (κ1) is 17.5. The summed E-state index contributed by atoms with van der Waals surface area (Å²) in [6.45, 7) is 14.6. The molecule has 2 N–H and O–H groups in total. The highest BCUT2D eigenvalue weighted by atomic mass is 16.6. The van der Waals surface area contributed by atoms with Crippen LogP contribution in [0.2, 0.25) is 0 Å². The second-order valence-electron chi connectivity index (χ2n) is 6.87. The Kier molecular flexibility index (Phi) is 5.64. The van der Waals surface area contributed by atoms with E-state index in [4.69, 9.17) is 4.74 Å². The van der Waals surface area contributed by atoms with Gasteiger partial charge in [0.1, 0.15) is 5.60 Å². The largest absolute Gasteiger partial charge is 0.384 e. The SMILES string of the molecule is C=C(N(CC(CC)CC)C(O)OC(C)(C)C)C1(O)CC1. The van der Waals surface area contributed by atoms with Gasteiger partial charge in [-0.2, -0.15) is 0 Å². The van der Waals surface area contributed by atoms with E-state index in [9.17, 15) is 10.2 Å². The fourth-order valence-corrected chi connectivity index (χ4v) is 2.21. The van der Waals surface area contributed by atoms with Crippen LogP contribution in [0.1, 0.15) is 60.3 Å². The van der Waals surface area contributed by atoms with Gasteiger partial charge in [-0.25, -0.2) is 0 Å². The zero-order chi connectivity index (χ0) is 15.6. The third-order valence-corrected chi connectivity index (χ3v) is 3.94. The van der Waals surface area contributed by atoms with E-state index in [2.05, 4.69) is 20.4 Å². The summed E-state index contributed by atoms with van der Waals surface area (Å²) in [5.74, 6) is 0.451. The average Bonchev–Trinajstić information content (AvgIpc) is 3.07. The molecule has 0 saturated heterocycles. The molecule has 1 fully saturated rings. The lowest BCUT2D eigenvalue weighted by Gasteiger charge is -2.38. The predicted molar refractivity (Wildman–Crippen MR) is 80.9 cm³/mol. The van der Waals surface area contributed by atoms with Gasteiger partial charge in [0.25, 0.3) is 0 Å². The Morgan fingerprint density at radius 3 is 2.15 bits per heavy atom. The number of ether oxygens (including phenoxy) is 1. The van der Waals surface area contributed by atoms with Crippen molar-refractivity contribution in [2.45, 2.75) is 77.9 Å². The fraction of sp³-hybridized carbons (Fsp3) is 0.875. The van der Waals surface area contributed by atoms with Crippen LogP contribution in [0.15, 0.2) is 12.3 Å². The van der Waals surface area contributed by atoms with E-state index in [0.717, 1.165) is 12.8 Å². The minimum Gasteiger partial charge on any atom is -0.384 e. The van der Waals surface area contributed by atoms with E-state index in [1.807, 2.05) is 20.8 Å². The van der Waals surface area contributed by atoms with Crippen LogP contribution in [-0.2, 0) is 4.74 Å². The lowest BCUT2D eigenvalue weighted by Crippen LogP contribution is -2.46. The van der Waals surface area contributed by atoms with E-state index >= 15 is 0 Å². The van der Waals surface area contributed by atoms with Gasteiger partial charge in [0.05, 0.1) is 5.60 Å². The van der Waals surface area contributed by atoms with E-state index in [1.54, 1.807) is 4.90 Å². The molecule has 0 bridgehead atoms. The van der Waals surface area contributed by atoms with Crippen LogP contribution in [0.3, 0.4) is 0 Å². The van der Waals surface area contributed by atoms with Crippen LogP contribution in [0.4, 0.5) is 0 Å². The summed E-state index contributed by atoms with van der Waals surface area (Å²) in [5.41, 5.74) is -0.701. The number of hydrogen-bond acceptors (Lipinski definition) is 4. The first-order valence-corrected chi connectivity index (χ1v) is 7.67. The number of aliphatic hydroxyl groups is 2. The fourth-order valence-electron chi connectivity index (χ4n) is 2.21. The number of nitrogens with zero attached hydrogens (tertiary/aromatic N) is 1. The van der Waals surface area contributed by atoms with Crippen LogP contribution in [0.25, 0.3) is 0 Å². The van der Waals surface area contributed by atoms with Crippen molar-refractivity contribution in [3.05, 3.63) is 12.3 Å². The lowest BCUT2D eigenvalue weighted by molar-refractivity contribution is -0.235. The standard InChI is InChI=1S/C16H31NO3/c1-7-13(8-2)11-17(12(3)16(19)9-10-16)14(18)20-15(4,5)6/h13-14,18-19H,3,7-11H2,1-2,4-6H3. The quantitative estimate of drug-likeness (QED) is 0.673. The molecule has 1 unspecified atom stereocenters. The summed E-state index contributed by atoms with van der Waals surface area (Å²) in [7, 11) is 0. The molecule has 0 aromatic rings. The molecule has 0 heterocycles. The zero-order valence-electron chi connectivity index (χ0n) is 13.6. The maximum atomic E-state index is 10.4. The van der Waals surface area contributed by atoms with Gasteiger partial charge in [-0.1, -0.05) is 33.3 Å². The lowest BCUT2D eigenvalue weighted by atomic mass is 10.0. The second kappa shape index (κ2) is 6.46. The minimum atomic E-state index is -1.06. The molecule has 0 aromatic carbocycles. The first-order chi connectivity index (χ1) is 9.13. The van der Waals surface area contributed by atoms with Crippen molar-refractivity contribution in [1.82, 2.24) is 4.90 Å². The summed E-state index contributed by atoms with van der Waals surface area (Å²) in [5, 5.41) is 20.6.